The van der Waals surface area contributed by atoms with E-state index in [-0.39, 0.29) is 65.1 Å². The molecule has 4 aliphatic carbocycles. The average molecular weight is 806 g/mol. The van der Waals surface area contributed by atoms with Gasteiger partial charge in [0.1, 0.15) is 18.3 Å². The van der Waals surface area contributed by atoms with Gasteiger partial charge < -0.3 is 52.7 Å². The lowest BCUT2D eigenvalue weighted by Crippen LogP contribution is -2.64. The predicted molar refractivity (Wildman–Crippen MR) is 222 cm³/mol. The highest BCUT2D eigenvalue weighted by Gasteiger charge is 2.68. The summed E-state index contributed by atoms with van der Waals surface area (Å²) in [5.41, 5.74) is 16.5. The molecule has 4 amide bonds. The van der Waals surface area contributed by atoms with Gasteiger partial charge in [-0.25, -0.2) is 14.4 Å². The van der Waals surface area contributed by atoms with Crippen molar-refractivity contribution >= 4 is 24.2 Å². The molecule has 0 saturated heterocycles. The third-order valence-corrected chi connectivity index (χ3v) is 14.6. The first-order valence-corrected chi connectivity index (χ1v) is 22.6. The number of rotatable bonds is 22. The molecule has 0 radical (unpaired) electrons. The summed E-state index contributed by atoms with van der Waals surface area (Å²) >= 11 is 0. The molecule has 0 aromatic carbocycles. The number of hydrogen-bond acceptors (Lipinski definition) is 10. The minimum atomic E-state index is -0.472. The average Bonchev–Trinajstić information content (AvgIpc) is 3.55. The molecule has 11 atom stereocenters. The fraction of sp³-hybridized carbons (Fsp3) is 0.907. The van der Waals surface area contributed by atoms with E-state index in [1.165, 1.54) is 38.5 Å². The fourth-order valence-electron chi connectivity index (χ4n) is 11.7. The summed E-state index contributed by atoms with van der Waals surface area (Å²) in [6, 6.07) is 0. The van der Waals surface area contributed by atoms with Gasteiger partial charge in [-0.1, -0.05) is 72.6 Å². The highest BCUT2D eigenvalue weighted by Crippen LogP contribution is 2.69. The molecule has 0 bridgehead atoms. The van der Waals surface area contributed by atoms with Gasteiger partial charge in [0.15, 0.2) is 0 Å². The van der Waals surface area contributed by atoms with Gasteiger partial charge in [0.05, 0.1) is 0 Å². The third-order valence-electron chi connectivity index (χ3n) is 14.6. The van der Waals surface area contributed by atoms with Crippen molar-refractivity contribution in [3.8, 4) is 0 Å². The number of fused-ring (bicyclic) bond motifs is 5. The number of hydrogen-bond donors (Lipinski definition) is 7. The molecule has 4 rings (SSSR count). The maximum atomic E-state index is 13.4. The topological polar surface area (TPSA) is 222 Å². The van der Waals surface area contributed by atoms with Crippen molar-refractivity contribution < 1.29 is 33.4 Å². The minimum absolute atomic E-state index is 0.0456. The molecular weight excluding hydrogens is 727 g/mol. The van der Waals surface area contributed by atoms with E-state index >= 15 is 0 Å². The summed E-state index contributed by atoms with van der Waals surface area (Å²) in [7, 11) is 0. The van der Waals surface area contributed by atoms with Crippen molar-refractivity contribution in [2.75, 3.05) is 45.8 Å². The van der Waals surface area contributed by atoms with Crippen LogP contribution in [0.5, 0.6) is 0 Å². The van der Waals surface area contributed by atoms with Crippen LogP contribution >= 0.6 is 0 Å². The van der Waals surface area contributed by atoms with Gasteiger partial charge in [0.25, 0.3) is 0 Å². The molecule has 10 N–H and O–H groups in total. The Morgan fingerprint density at radius 2 is 1.28 bits per heavy atom. The van der Waals surface area contributed by atoms with Crippen LogP contribution in [0.25, 0.3) is 0 Å². The van der Waals surface area contributed by atoms with Gasteiger partial charge >= 0.3 is 18.3 Å². The van der Waals surface area contributed by atoms with Crippen molar-refractivity contribution in [2.45, 2.75) is 155 Å². The highest BCUT2D eigenvalue weighted by atomic mass is 16.6. The maximum Gasteiger partial charge on any atom is 0.407 e. The van der Waals surface area contributed by atoms with Crippen LogP contribution < -0.4 is 38.5 Å². The molecule has 14 nitrogen and oxygen atoms in total. The Kier molecular flexibility index (Phi) is 19.0. The summed E-state index contributed by atoms with van der Waals surface area (Å²) in [6.45, 7) is 11.8. The van der Waals surface area contributed by atoms with Crippen LogP contribution in [-0.4, -0.2) is 88.3 Å². The Morgan fingerprint density at radius 1 is 0.684 bits per heavy atom. The second kappa shape index (κ2) is 23.1. The molecule has 0 spiro atoms. The van der Waals surface area contributed by atoms with Crippen LogP contribution in [0.2, 0.25) is 0 Å². The fourth-order valence-corrected chi connectivity index (χ4v) is 11.7. The normalized spacial score (nSPS) is 32.1. The Bertz CT molecular complexity index is 1280. The van der Waals surface area contributed by atoms with Crippen molar-refractivity contribution in [3.05, 3.63) is 0 Å². The van der Waals surface area contributed by atoms with Gasteiger partial charge in [-0.05, 0) is 92.8 Å². The lowest BCUT2D eigenvalue weighted by atomic mass is 9.43. The second-order valence-corrected chi connectivity index (χ2v) is 18.1. The SMILES string of the molecule is CCCCCCCCCCNC(=O)CC[C@@H](C)[C@H]1CC[C@H]2C3[C@H](OC(=O)NCCN)CC4C[C@H](OC(=O)NCCN)CC[C@]4(C)[C@H]3C[C@H](OC(=O)NCCN)[C@]12C. The van der Waals surface area contributed by atoms with Crippen LogP contribution in [0.15, 0.2) is 0 Å². The lowest BCUT2D eigenvalue weighted by molar-refractivity contribution is -0.206. The molecule has 0 heterocycles. The summed E-state index contributed by atoms with van der Waals surface area (Å²) < 4.78 is 18.7. The molecule has 4 fully saturated rings. The summed E-state index contributed by atoms with van der Waals surface area (Å²) in [5.74, 6) is 0.880. The lowest BCUT2D eigenvalue weighted by Gasteiger charge is -2.64. The van der Waals surface area contributed by atoms with Crippen molar-refractivity contribution in [1.82, 2.24) is 21.3 Å². The Hall–Kier alpha value is -2.84. The van der Waals surface area contributed by atoms with E-state index < -0.39 is 23.7 Å². The maximum absolute atomic E-state index is 13.4. The largest absolute Gasteiger partial charge is 0.446 e. The minimum Gasteiger partial charge on any atom is -0.446 e. The smallest absolute Gasteiger partial charge is 0.407 e. The molecule has 2 unspecified atom stereocenters. The predicted octanol–water partition coefficient (Wildman–Crippen LogP) is 5.70. The van der Waals surface area contributed by atoms with Crippen LogP contribution in [0.3, 0.4) is 0 Å². The molecule has 0 aromatic heterocycles. The number of nitrogens with one attached hydrogen (secondary N) is 4. The number of carbonyl (C=O) groups excluding carboxylic acids is 4. The Morgan fingerprint density at radius 3 is 1.91 bits per heavy atom. The Balaban J connectivity index is 1.52. The van der Waals surface area contributed by atoms with Crippen LogP contribution in [-0.2, 0) is 19.0 Å². The first-order chi connectivity index (χ1) is 27.4. The summed E-state index contributed by atoms with van der Waals surface area (Å²) in [5, 5.41) is 11.6. The van der Waals surface area contributed by atoms with Crippen molar-refractivity contribution in [1.29, 1.82) is 0 Å². The van der Waals surface area contributed by atoms with E-state index in [2.05, 4.69) is 49.0 Å². The van der Waals surface area contributed by atoms with E-state index in [0.717, 1.165) is 51.5 Å². The van der Waals surface area contributed by atoms with E-state index in [9.17, 15) is 19.2 Å². The van der Waals surface area contributed by atoms with Gasteiger partial charge in [-0.3, -0.25) is 4.79 Å². The molecule has 0 aliphatic heterocycles. The standard InChI is InChI=1S/C43H79N7O7/c1-5-6-7-8-9-10-11-12-22-47-37(51)16-13-29(2)32-14-15-33-38-34(28-36(43(32,33)4)57-41(54)50-25-21-46)42(3)18-17-31(55-39(52)48-23-19-44)26-30(42)27-35(38)56-40(53)49-24-20-45/h29-36,38H,5-28,44-46H2,1-4H3,(H,47,51)(H,48,52)(H,49,53)(H,50,54)/t29-,30?,31-,32-,33+,34+,35-,36+,38?,42+,43-/m1/s1. The van der Waals surface area contributed by atoms with Gasteiger partial charge in [0.2, 0.25) is 5.91 Å². The molecule has 4 saturated carbocycles. The number of alkyl carbamates (subject to hydrolysis) is 3. The molecule has 14 heteroatoms. The number of amides is 4. The number of carbonyl (C=O) groups is 4. The molecule has 328 valence electrons. The molecule has 4 aliphatic rings. The van der Waals surface area contributed by atoms with Crippen molar-refractivity contribution in [3.63, 3.8) is 0 Å². The zero-order valence-corrected chi connectivity index (χ0v) is 35.8. The summed E-state index contributed by atoms with van der Waals surface area (Å²) in [6.07, 6.45) is 14.0. The monoisotopic (exact) mass is 806 g/mol. The van der Waals surface area contributed by atoms with E-state index in [0.29, 0.717) is 65.0 Å². The van der Waals surface area contributed by atoms with Gasteiger partial charge in [-0.15, -0.1) is 0 Å². The van der Waals surface area contributed by atoms with Crippen LogP contribution in [0, 0.1) is 46.3 Å². The second-order valence-electron chi connectivity index (χ2n) is 18.1. The summed E-state index contributed by atoms with van der Waals surface area (Å²) in [4.78, 5) is 52.3. The van der Waals surface area contributed by atoms with E-state index in [1.807, 2.05) is 0 Å². The number of ether oxygens (including phenoxy) is 3. The third kappa shape index (κ3) is 12.3. The van der Waals surface area contributed by atoms with Gasteiger partial charge in [-0.2, -0.15) is 0 Å². The first-order valence-electron chi connectivity index (χ1n) is 22.6. The van der Waals surface area contributed by atoms with E-state index in [1.54, 1.807) is 0 Å². The number of nitrogens with two attached hydrogens (primary N) is 3. The van der Waals surface area contributed by atoms with E-state index in [4.69, 9.17) is 31.4 Å². The zero-order valence-electron chi connectivity index (χ0n) is 35.8. The molecular formula is C43H79N7O7. The molecule has 0 aromatic rings. The zero-order chi connectivity index (χ0) is 41.4. The van der Waals surface area contributed by atoms with Crippen LogP contribution in [0.1, 0.15) is 137 Å². The highest BCUT2D eigenvalue weighted by molar-refractivity contribution is 5.75. The first kappa shape index (κ1) is 46.8. The van der Waals surface area contributed by atoms with Gasteiger partial charge in [0, 0.05) is 63.6 Å². The Labute approximate surface area is 342 Å². The molecule has 57 heavy (non-hydrogen) atoms. The quantitative estimate of drug-likeness (QED) is 0.0523. The number of unbranched alkanes of at least 4 members (excludes halogenated alkanes) is 7. The van der Waals surface area contributed by atoms with Crippen LogP contribution in [0.4, 0.5) is 14.4 Å². The van der Waals surface area contributed by atoms with Crippen molar-refractivity contribution in [2.24, 2.45) is 63.5 Å².